The fraction of sp³-hybridized carbons (Fsp3) is 0.733. The average molecular weight is 296 g/mol. The number of hydrogen-bond acceptors (Lipinski definition) is 4. The van der Waals surface area contributed by atoms with E-state index in [0.29, 0.717) is 22.6 Å². The maximum atomic E-state index is 12.1. The predicted octanol–water partition coefficient (Wildman–Crippen LogP) is 3.03. The molecule has 1 fully saturated rings. The highest BCUT2D eigenvalue weighted by Gasteiger charge is 2.33. The molecular weight excluding hydrogens is 272 g/mol. The van der Waals surface area contributed by atoms with E-state index in [9.17, 15) is 4.79 Å². The first kappa shape index (κ1) is 15.3. The Morgan fingerprint density at radius 3 is 2.90 bits per heavy atom. The minimum atomic E-state index is -0.216. The zero-order valence-electron chi connectivity index (χ0n) is 12.5. The van der Waals surface area contributed by atoms with Gasteiger partial charge in [0.15, 0.2) is 4.80 Å². The molecule has 1 aliphatic rings. The summed E-state index contributed by atoms with van der Waals surface area (Å²) >= 11 is 1.32. The van der Waals surface area contributed by atoms with E-state index in [0.717, 1.165) is 12.8 Å². The molecule has 1 heterocycles. The fourth-order valence-corrected chi connectivity index (χ4v) is 3.62. The number of rotatable bonds is 4. The molecule has 0 saturated heterocycles. The van der Waals surface area contributed by atoms with Crippen LogP contribution in [0, 0.1) is 23.2 Å². The van der Waals surface area contributed by atoms with Gasteiger partial charge in [-0.3, -0.25) is 10.2 Å². The standard InChI is InChI=1S/C15H24N2O2S/c1-10(2)12-5-4-11(3)8-13(12)19-14(18)9-17-6-7-20-15(17)16/h6-7,10-13,16H,4-5,8-9H2,1-3H3. The number of thiazole rings is 1. The van der Waals surface area contributed by atoms with Crippen LogP contribution in [0.5, 0.6) is 0 Å². The Bertz CT molecular complexity index is 506. The molecule has 3 unspecified atom stereocenters. The summed E-state index contributed by atoms with van der Waals surface area (Å²) in [5, 5.41) is 9.49. The molecule has 0 radical (unpaired) electrons. The first-order chi connectivity index (χ1) is 9.47. The molecule has 0 bridgehead atoms. The molecule has 0 aromatic carbocycles. The van der Waals surface area contributed by atoms with Crippen molar-refractivity contribution in [2.75, 3.05) is 0 Å². The molecular formula is C15H24N2O2S. The molecule has 4 nitrogen and oxygen atoms in total. The molecule has 20 heavy (non-hydrogen) atoms. The quantitative estimate of drug-likeness (QED) is 0.868. The topological polar surface area (TPSA) is 55.1 Å². The predicted molar refractivity (Wildman–Crippen MR) is 79.4 cm³/mol. The summed E-state index contributed by atoms with van der Waals surface area (Å²) in [6.45, 7) is 6.79. The third-order valence-corrected chi connectivity index (χ3v) is 4.94. The van der Waals surface area contributed by atoms with E-state index < -0.39 is 0 Å². The fourth-order valence-electron chi connectivity index (χ4n) is 3.02. The molecule has 112 valence electrons. The van der Waals surface area contributed by atoms with E-state index in [2.05, 4.69) is 20.8 Å². The molecule has 3 atom stereocenters. The van der Waals surface area contributed by atoms with Gasteiger partial charge in [-0.25, -0.2) is 0 Å². The van der Waals surface area contributed by atoms with Crippen molar-refractivity contribution in [3.63, 3.8) is 0 Å². The summed E-state index contributed by atoms with van der Waals surface area (Å²) in [5.74, 6) is 1.42. The largest absolute Gasteiger partial charge is 0.461 e. The van der Waals surface area contributed by atoms with Gasteiger partial charge in [0.1, 0.15) is 12.6 Å². The molecule has 0 aliphatic heterocycles. The third kappa shape index (κ3) is 3.72. The van der Waals surface area contributed by atoms with E-state index in [-0.39, 0.29) is 18.6 Å². The van der Waals surface area contributed by atoms with Crippen LogP contribution in [0.15, 0.2) is 11.6 Å². The summed E-state index contributed by atoms with van der Waals surface area (Å²) in [6, 6.07) is 0. The maximum Gasteiger partial charge on any atom is 0.326 e. The second-order valence-corrected chi connectivity index (χ2v) is 7.09. The van der Waals surface area contributed by atoms with E-state index >= 15 is 0 Å². The summed E-state index contributed by atoms with van der Waals surface area (Å²) in [5.41, 5.74) is 0. The van der Waals surface area contributed by atoms with Crippen LogP contribution < -0.4 is 4.80 Å². The molecule has 5 heteroatoms. The molecule has 1 aliphatic carbocycles. The zero-order chi connectivity index (χ0) is 14.7. The van der Waals surface area contributed by atoms with Crippen molar-refractivity contribution < 1.29 is 9.53 Å². The lowest BCUT2D eigenvalue weighted by Gasteiger charge is -2.36. The van der Waals surface area contributed by atoms with Gasteiger partial charge in [-0.2, -0.15) is 0 Å². The van der Waals surface area contributed by atoms with Gasteiger partial charge >= 0.3 is 5.97 Å². The van der Waals surface area contributed by atoms with Crippen LogP contribution in [0.4, 0.5) is 0 Å². The highest BCUT2D eigenvalue weighted by atomic mass is 32.1. The van der Waals surface area contributed by atoms with Crippen LogP contribution in [0.2, 0.25) is 0 Å². The van der Waals surface area contributed by atoms with Crippen molar-refractivity contribution in [1.29, 1.82) is 5.41 Å². The second kappa shape index (κ2) is 6.57. The van der Waals surface area contributed by atoms with Gasteiger partial charge in [0, 0.05) is 11.6 Å². The first-order valence-corrected chi connectivity index (χ1v) is 8.23. The van der Waals surface area contributed by atoms with Gasteiger partial charge in [0.2, 0.25) is 0 Å². The van der Waals surface area contributed by atoms with Crippen LogP contribution in [0.25, 0.3) is 0 Å². The Kier molecular flexibility index (Phi) is 5.02. The summed E-state index contributed by atoms with van der Waals surface area (Å²) < 4.78 is 7.35. The van der Waals surface area contributed by atoms with Gasteiger partial charge in [0.05, 0.1) is 0 Å². The second-order valence-electron chi connectivity index (χ2n) is 6.19. The summed E-state index contributed by atoms with van der Waals surface area (Å²) in [4.78, 5) is 12.5. The van der Waals surface area contributed by atoms with Gasteiger partial charge in [-0.05, 0) is 30.6 Å². The summed E-state index contributed by atoms with van der Waals surface area (Å²) in [6.07, 6.45) is 5.15. The van der Waals surface area contributed by atoms with Crippen molar-refractivity contribution >= 4 is 17.3 Å². The number of nitrogens with one attached hydrogen (secondary N) is 1. The molecule has 1 N–H and O–H groups in total. The highest BCUT2D eigenvalue weighted by molar-refractivity contribution is 7.06. The van der Waals surface area contributed by atoms with Crippen LogP contribution in [-0.2, 0) is 16.1 Å². The van der Waals surface area contributed by atoms with Crippen molar-refractivity contribution in [2.45, 2.75) is 52.7 Å². The Hall–Kier alpha value is -1.10. The minimum absolute atomic E-state index is 0.0414. The van der Waals surface area contributed by atoms with E-state index in [4.69, 9.17) is 10.1 Å². The van der Waals surface area contributed by atoms with E-state index in [1.54, 1.807) is 10.8 Å². The van der Waals surface area contributed by atoms with Gasteiger partial charge in [-0.15, -0.1) is 11.3 Å². The molecule has 0 amide bonds. The van der Waals surface area contributed by atoms with E-state index in [1.807, 2.05) is 5.38 Å². The first-order valence-electron chi connectivity index (χ1n) is 7.35. The number of ether oxygens (including phenoxy) is 1. The molecule has 2 rings (SSSR count). The number of carbonyl (C=O) groups is 1. The van der Waals surface area contributed by atoms with Crippen LogP contribution in [-0.4, -0.2) is 16.6 Å². The van der Waals surface area contributed by atoms with Crippen LogP contribution in [0.1, 0.15) is 40.0 Å². The average Bonchev–Trinajstić information content (AvgIpc) is 2.74. The Balaban J connectivity index is 1.97. The van der Waals surface area contributed by atoms with Crippen LogP contribution in [0.3, 0.4) is 0 Å². The van der Waals surface area contributed by atoms with Crippen molar-refractivity contribution in [3.05, 3.63) is 16.4 Å². The normalized spacial score (nSPS) is 26.7. The zero-order valence-corrected chi connectivity index (χ0v) is 13.3. The minimum Gasteiger partial charge on any atom is -0.461 e. The SMILES string of the molecule is CC1CCC(C(C)C)C(OC(=O)Cn2ccsc2=N)C1. The van der Waals surface area contributed by atoms with Crippen molar-refractivity contribution in [2.24, 2.45) is 17.8 Å². The molecule has 0 spiro atoms. The third-order valence-electron chi connectivity index (χ3n) is 4.22. The lowest BCUT2D eigenvalue weighted by Crippen LogP contribution is -2.37. The molecule has 1 aromatic heterocycles. The molecule has 1 aromatic rings. The lowest BCUT2D eigenvalue weighted by atomic mass is 9.75. The summed E-state index contributed by atoms with van der Waals surface area (Å²) in [7, 11) is 0. The number of aromatic nitrogens is 1. The number of nitrogens with zero attached hydrogens (tertiary/aromatic N) is 1. The maximum absolute atomic E-state index is 12.1. The monoisotopic (exact) mass is 296 g/mol. The van der Waals surface area contributed by atoms with E-state index in [1.165, 1.54) is 17.8 Å². The van der Waals surface area contributed by atoms with Gasteiger partial charge in [0.25, 0.3) is 0 Å². The lowest BCUT2D eigenvalue weighted by molar-refractivity contribution is -0.156. The van der Waals surface area contributed by atoms with Crippen molar-refractivity contribution in [3.8, 4) is 0 Å². The molecule has 1 saturated carbocycles. The Morgan fingerprint density at radius 2 is 2.30 bits per heavy atom. The Morgan fingerprint density at radius 1 is 1.55 bits per heavy atom. The highest BCUT2D eigenvalue weighted by Crippen LogP contribution is 2.35. The Labute approximate surface area is 124 Å². The number of hydrogen-bond donors (Lipinski definition) is 1. The number of carbonyl (C=O) groups excluding carboxylic acids is 1. The van der Waals surface area contributed by atoms with Crippen LogP contribution >= 0.6 is 11.3 Å². The van der Waals surface area contributed by atoms with Gasteiger partial charge < -0.3 is 9.30 Å². The number of esters is 1. The van der Waals surface area contributed by atoms with Crippen molar-refractivity contribution in [1.82, 2.24) is 4.57 Å². The van der Waals surface area contributed by atoms with Gasteiger partial charge in [-0.1, -0.05) is 27.2 Å². The smallest absolute Gasteiger partial charge is 0.326 e.